The van der Waals surface area contributed by atoms with Gasteiger partial charge in [0.05, 0.1) is 26.4 Å². The second-order valence-corrected chi connectivity index (χ2v) is 2.71. The molecule has 2 unspecified atom stereocenters. The highest BCUT2D eigenvalue weighted by atomic mass is 16.8. The Morgan fingerprint density at radius 3 is 1.64 bits per heavy atom. The lowest BCUT2D eigenvalue weighted by Crippen LogP contribution is -2.39. The second kappa shape index (κ2) is 7.10. The van der Waals surface area contributed by atoms with Crippen LogP contribution in [0.1, 0.15) is 0 Å². The third kappa shape index (κ3) is 4.32. The average Bonchev–Trinajstić information content (AvgIpc) is 2.25. The SMILES string of the molecule is OCCOC1COC(OCCO)CO1. The van der Waals surface area contributed by atoms with Gasteiger partial charge in [0.15, 0.2) is 12.6 Å². The van der Waals surface area contributed by atoms with Crippen molar-refractivity contribution in [3.8, 4) is 0 Å². The van der Waals surface area contributed by atoms with Crippen molar-refractivity contribution in [2.24, 2.45) is 0 Å². The van der Waals surface area contributed by atoms with Crippen LogP contribution in [0.3, 0.4) is 0 Å². The molecule has 0 aromatic heterocycles. The number of aliphatic hydroxyl groups excluding tert-OH is 2. The molecule has 0 aromatic rings. The highest BCUT2D eigenvalue weighted by molar-refractivity contribution is 4.54. The molecule has 2 atom stereocenters. The van der Waals surface area contributed by atoms with Crippen molar-refractivity contribution in [3.63, 3.8) is 0 Å². The molecule has 6 heteroatoms. The van der Waals surface area contributed by atoms with E-state index in [4.69, 9.17) is 29.2 Å². The molecule has 0 radical (unpaired) electrons. The lowest BCUT2D eigenvalue weighted by molar-refractivity contribution is -0.291. The fourth-order valence-electron chi connectivity index (χ4n) is 1.03. The Balaban J connectivity index is 2.05. The van der Waals surface area contributed by atoms with E-state index in [9.17, 15) is 0 Å². The highest BCUT2D eigenvalue weighted by Gasteiger charge is 2.22. The van der Waals surface area contributed by atoms with Gasteiger partial charge in [0.2, 0.25) is 0 Å². The van der Waals surface area contributed by atoms with Crippen LogP contribution in [0, 0.1) is 0 Å². The minimum Gasteiger partial charge on any atom is -0.394 e. The molecule has 1 fully saturated rings. The third-order valence-electron chi connectivity index (χ3n) is 1.63. The van der Waals surface area contributed by atoms with Crippen LogP contribution in [0.15, 0.2) is 0 Å². The zero-order chi connectivity index (χ0) is 10.2. The molecule has 0 amide bonds. The van der Waals surface area contributed by atoms with Crippen LogP contribution in [0.5, 0.6) is 0 Å². The molecular weight excluding hydrogens is 192 g/mol. The Hall–Kier alpha value is -0.240. The molecule has 1 aliphatic heterocycles. The molecule has 1 aliphatic rings. The van der Waals surface area contributed by atoms with Crippen LogP contribution in [-0.4, -0.2) is 62.4 Å². The summed E-state index contributed by atoms with van der Waals surface area (Å²) in [5, 5.41) is 17.0. The number of hydrogen-bond donors (Lipinski definition) is 2. The fraction of sp³-hybridized carbons (Fsp3) is 1.00. The zero-order valence-electron chi connectivity index (χ0n) is 7.92. The summed E-state index contributed by atoms with van der Waals surface area (Å²) in [6, 6.07) is 0. The summed E-state index contributed by atoms with van der Waals surface area (Å²) < 4.78 is 20.6. The molecule has 14 heavy (non-hydrogen) atoms. The van der Waals surface area contributed by atoms with E-state index in [1.54, 1.807) is 0 Å². The molecule has 0 aliphatic carbocycles. The summed E-state index contributed by atoms with van der Waals surface area (Å²) in [4.78, 5) is 0. The van der Waals surface area contributed by atoms with E-state index in [2.05, 4.69) is 0 Å². The molecule has 1 heterocycles. The van der Waals surface area contributed by atoms with E-state index in [0.29, 0.717) is 0 Å². The molecule has 1 saturated heterocycles. The summed E-state index contributed by atoms with van der Waals surface area (Å²) in [6.45, 7) is 0.938. The van der Waals surface area contributed by atoms with Gasteiger partial charge in [-0.3, -0.25) is 0 Å². The molecule has 0 bridgehead atoms. The van der Waals surface area contributed by atoms with E-state index in [1.165, 1.54) is 0 Å². The first-order valence-corrected chi connectivity index (χ1v) is 4.55. The van der Waals surface area contributed by atoms with Gasteiger partial charge in [-0.05, 0) is 0 Å². The van der Waals surface area contributed by atoms with Crippen molar-refractivity contribution in [2.45, 2.75) is 12.6 Å². The largest absolute Gasteiger partial charge is 0.394 e. The standard InChI is InChI=1S/C8H16O6/c9-1-3-11-7-5-14-8(6-13-7)12-4-2-10/h7-10H,1-6H2. The summed E-state index contributed by atoms with van der Waals surface area (Å²) in [5.74, 6) is 0. The smallest absolute Gasteiger partial charge is 0.181 e. The maximum Gasteiger partial charge on any atom is 0.181 e. The van der Waals surface area contributed by atoms with Gasteiger partial charge >= 0.3 is 0 Å². The molecule has 0 spiro atoms. The van der Waals surface area contributed by atoms with Gasteiger partial charge in [0, 0.05) is 0 Å². The van der Waals surface area contributed by atoms with Crippen LogP contribution in [0.25, 0.3) is 0 Å². The third-order valence-corrected chi connectivity index (χ3v) is 1.63. The van der Waals surface area contributed by atoms with Gasteiger partial charge in [0.1, 0.15) is 13.2 Å². The van der Waals surface area contributed by atoms with Crippen LogP contribution in [-0.2, 0) is 18.9 Å². The van der Waals surface area contributed by atoms with Crippen molar-refractivity contribution in [1.29, 1.82) is 0 Å². The maximum absolute atomic E-state index is 8.49. The first kappa shape index (κ1) is 11.8. The number of hydrogen-bond acceptors (Lipinski definition) is 6. The Morgan fingerprint density at radius 2 is 1.36 bits per heavy atom. The lowest BCUT2D eigenvalue weighted by atomic mass is 10.5. The number of aliphatic hydroxyl groups is 2. The van der Waals surface area contributed by atoms with Crippen LogP contribution in [0.4, 0.5) is 0 Å². The fourth-order valence-corrected chi connectivity index (χ4v) is 1.03. The first-order chi connectivity index (χ1) is 6.86. The van der Waals surface area contributed by atoms with Crippen molar-refractivity contribution < 1.29 is 29.2 Å². The topological polar surface area (TPSA) is 77.4 Å². The van der Waals surface area contributed by atoms with Crippen molar-refractivity contribution in [1.82, 2.24) is 0 Å². The first-order valence-electron chi connectivity index (χ1n) is 4.55. The summed E-state index contributed by atoms with van der Waals surface area (Å²) in [7, 11) is 0. The maximum atomic E-state index is 8.49. The molecule has 6 nitrogen and oxygen atoms in total. The number of ether oxygens (including phenoxy) is 4. The van der Waals surface area contributed by atoms with Gasteiger partial charge in [-0.2, -0.15) is 0 Å². The van der Waals surface area contributed by atoms with Crippen LogP contribution >= 0.6 is 0 Å². The summed E-state index contributed by atoms with van der Waals surface area (Å²) in [5.41, 5.74) is 0. The molecule has 2 N–H and O–H groups in total. The van der Waals surface area contributed by atoms with Crippen molar-refractivity contribution >= 4 is 0 Å². The number of rotatable bonds is 6. The van der Waals surface area contributed by atoms with Gasteiger partial charge in [-0.15, -0.1) is 0 Å². The van der Waals surface area contributed by atoms with E-state index >= 15 is 0 Å². The van der Waals surface area contributed by atoms with Gasteiger partial charge in [-0.25, -0.2) is 0 Å². The van der Waals surface area contributed by atoms with Gasteiger partial charge in [-0.1, -0.05) is 0 Å². The average molecular weight is 208 g/mol. The molecular formula is C8H16O6. The summed E-state index contributed by atoms with van der Waals surface area (Å²) in [6.07, 6.45) is -0.868. The van der Waals surface area contributed by atoms with E-state index < -0.39 is 12.6 Å². The van der Waals surface area contributed by atoms with Crippen LogP contribution < -0.4 is 0 Å². The monoisotopic (exact) mass is 208 g/mol. The van der Waals surface area contributed by atoms with E-state index in [-0.39, 0.29) is 39.6 Å². The Kier molecular flexibility index (Phi) is 6.00. The second-order valence-electron chi connectivity index (χ2n) is 2.71. The minimum atomic E-state index is -0.434. The predicted octanol–water partition coefficient (Wildman–Crippen LogP) is -1.30. The lowest BCUT2D eigenvalue weighted by Gasteiger charge is -2.28. The molecule has 1 rings (SSSR count). The molecule has 0 saturated carbocycles. The van der Waals surface area contributed by atoms with Gasteiger partial charge in [0.25, 0.3) is 0 Å². The Bertz CT molecular complexity index is 118. The normalized spacial score (nSPS) is 27.9. The molecule has 0 aromatic carbocycles. The Labute approximate surface area is 82.3 Å². The van der Waals surface area contributed by atoms with Crippen molar-refractivity contribution in [2.75, 3.05) is 39.6 Å². The highest BCUT2D eigenvalue weighted by Crippen LogP contribution is 2.09. The zero-order valence-corrected chi connectivity index (χ0v) is 7.92. The van der Waals surface area contributed by atoms with Gasteiger partial charge < -0.3 is 29.2 Å². The Morgan fingerprint density at radius 1 is 0.929 bits per heavy atom. The summed E-state index contributed by atoms with van der Waals surface area (Å²) >= 11 is 0. The predicted molar refractivity (Wildman–Crippen MR) is 45.6 cm³/mol. The van der Waals surface area contributed by atoms with Crippen LogP contribution in [0.2, 0.25) is 0 Å². The molecule has 84 valence electrons. The van der Waals surface area contributed by atoms with E-state index in [0.717, 1.165) is 0 Å². The van der Waals surface area contributed by atoms with E-state index in [1.807, 2.05) is 0 Å². The van der Waals surface area contributed by atoms with Crippen molar-refractivity contribution in [3.05, 3.63) is 0 Å². The quantitative estimate of drug-likeness (QED) is 0.565. The minimum absolute atomic E-state index is 0.0374.